The Morgan fingerprint density at radius 1 is 1.27 bits per heavy atom. The second-order valence-electron chi connectivity index (χ2n) is 6.28. The summed E-state index contributed by atoms with van der Waals surface area (Å²) in [6.45, 7) is 8.50. The largest absolute Gasteiger partial charge is 0.496 e. The highest BCUT2D eigenvalue weighted by Crippen LogP contribution is 2.34. The molecule has 0 radical (unpaired) electrons. The van der Waals surface area contributed by atoms with E-state index in [1.165, 1.54) is 0 Å². The number of methoxy groups -OCH3 is 1. The molecule has 0 fully saturated rings. The second-order valence-corrected chi connectivity index (χ2v) is 7.72. The molecule has 2 heterocycles. The highest BCUT2D eigenvalue weighted by molar-refractivity contribution is 7.80. The van der Waals surface area contributed by atoms with Crippen molar-refractivity contribution in [2.24, 2.45) is 0 Å². The zero-order valence-corrected chi connectivity index (χ0v) is 15.0. The SMILES string of the molecule is COc1ccc(-c2c(C)nc3sc(C(C)(C)C)nn23)cc1S. The molecule has 0 saturated carbocycles. The van der Waals surface area contributed by atoms with Crippen LogP contribution < -0.4 is 4.74 Å². The summed E-state index contributed by atoms with van der Waals surface area (Å²) in [5, 5.41) is 5.85. The minimum absolute atomic E-state index is 0.0190. The maximum Gasteiger partial charge on any atom is 0.212 e. The zero-order chi connectivity index (χ0) is 16.1. The van der Waals surface area contributed by atoms with E-state index in [0.29, 0.717) is 0 Å². The molecule has 4 nitrogen and oxygen atoms in total. The van der Waals surface area contributed by atoms with E-state index >= 15 is 0 Å². The van der Waals surface area contributed by atoms with Crippen LogP contribution in [-0.4, -0.2) is 21.7 Å². The third kappa shape index (κ3) is 2.50. The molecule has 0 unspecified atom stereocenters. The van der Waals surface area contributed by atoms with E-state index in [9.17, 15) is 0 Å². The number of benzene rings is 1. The molecule has 3 aromatic rings. The van der Waals surface area contributed by atoms with Crippen molar-refractivity contribution in [3.05, 3.63) is 28.9 Å². The first-order valence-electron chi connectivity index (χ1n) is 7.05. The van der Waals surface area contributed by atoms with Gasteiger partial charge in [0.15, 0.2) is 0 Å². The van der Waals surface area contributed by atoms with Crippen LogP contribution in [-0.2, 0) is 5.41 Å². The van der Waals surface area contributed by atoms with Gasteiger partial charge in [-0.05, 0) is 25.1 Å². The Balaban J connectivity index is 2.19. The molecule has 0 atom stereocenters. The lowest BCUT2D eigenvalue weighted by Gasteiger charge is -2.13. The van der Waals surface area contributed by atoms with Crippen LogP contribution in [0.5, 0.6) is 5.75 Å². The monoisotopic (exact) mass is 333 g/mol. The highest BCUT2D eigenvalue weighted by atomic mass is 32.1. The fourth-order valence-corrected chi connectivity index (χ4v) is 3.63. The number of hydrogen-bond donors (Lipinski definition) is 1. The molecule has 0 bridgehead atoms. The third-order valence-electron chi connectivity index (χ3n) is 3.47. The molecule has 0 aliphatic rings. The summed E-state index contributed by atoms with van der Waals surface area (Å²) in [7, 11) is 1.65. The first-order valence-corrected chi connectivity index (χ1v) is 8.31. The number of rotatable bonds is 2. The highest BCUT2D eigenvalue weighted by Gasteiger charge is 2.23. The molecule has 3 rings (SSSR count). The molecular formula is C16H19N3OS2. The fraction of sp³-hybridized carbons (Fsp3) is 0.375. The molecule has 0 aliphatic heterocycles. The number of aryl methyl sites for hydroxylation is 1. The molecule has 0 spiro atoms. The van der Waals surface area contributed by atoms with Crippen LogP contribution in [0.4, 0.5) is 0 Å². The van der Waals surface area contributed by atoms with Crippen molar-refractivity contribution >= 4 is 28.9 Å². The Labute approximate surface area is 139 Å². The third-order valence-corrected chi connectivity index (χ3v) is 5.16. The summed E-state index contributed by atoms with van der Waals surface area (Å²) >= 11 is 6.13. The topological polar surface area (TPSA) is 39.4 Å². The number of imidazole rings is 1. The van der Waals surface area contributed by atoms with Gasteiger partial charge in [0.2, 0.25) is 4.96 Å². The predicted octanol–water partition coefficient (Wildman–Crippen LogP) is 4.36. The lowest BCUT2D eigenvalue weighted by atomic mass is 9.98. The Kier molecular flexibility index (Phi) is 3.69. The smallest absolute Gasteiger partial charge is 0.212 e. The van der Waals surface area contributed by atoms with Crippen molar-refractivity contribution in [2.75, 3.05) is 7.11 Å². The lowest BCUT2D eigenvalue weighted by molar-refractivity contribution is 0.405. The maximum absolute atomic E-state index is 5.27. The molecule has 2 aromatic heterocycles. The van der Waals surface area contributed by atoms with Gasteiger partial charge in [0, 0.05) is 15.9 Å². The Hall–Kier alpha value is -1.53. The summed E-state index contributed by atoms with van der Waals surface area (Å²) in [6, 6.07) is 5.94. The first kappa shape index (κ1) is 15.4. The quantitative estimate of drug-likeness (QED) is 0.708. The van der Waals surface area contributed by atoms with Crippen molar-refractivity contribution in [1.82, 2.24) is 14.6 Å². The van der Waals surface area contributed by atoms with E-state index in [1.807, 2.05) is 29.6 Å². The van der Waals surface area contributed by atoms with Gasteiger partial charge in [-0.2, -0.15) is 5.10 Å². The van der Waals surface area contributed by atoms with Crippen molar-refractivity contribution < 1.29 is 4.74 Å². The van der Waals surface area contributed by atoms with Crippen molar-refractivity contribution in [1.29, 1.82) is 0 Å². The van der Waals surface area contributed by atoms with E-state index in [1.54, 1.807) is 18.4 Å². The summed E-state index contributed by atoms with van der Waals surface area (Å²) in [5.41, 5.74) is 3.05. The first-order chi connectivity index (χ1) is 10.3. The molecule has 116 valence electrons. The van der Waals surface area contributed by atoms with Crippen molar-refractivity contribution in [3.63, 3.8) is 0 Å². The Morgan fingerprint density at radius 3 is 2.59 bits per heavy atom. The number of fused-ring (bicyclic) bond motifs is 1. The Morgan fingerprint density at radius 2 is 2.00 bits per heavy atom. The second kappa shape index (κ2) is 5.28. The maximum atomic E-state index is 5.27. The van der Waals surface area contributed by atoms with Gasteiger partial charge in [-0.1, -0.05) is 32.1 Å². The van der Waals surface area contributed by atoms with E-state index in [-0.39, 0.29) is 5.41 Å². The summed E-state index contributed by atoms with van der Waals surface area (Å²) in [5.74, 6) is 0.763. The van der Waals surface area contributed by atoms with Gasteiger partial charge in [-0.3, -0.25) is 0 Å². The van der Waals surface area contributed by atoms with E-state index < -0.39 is 0 Å². The normalized spacial score (nSPS) is 12.1. The Bertz CT molecular complexity index is 843. The van der Waals surface area contributed by atoms with Crippen molar-refractivity contribution in [2.45, 2.75) is 38.0 Å². The summed E-state index contributed by atoms with van der Waals surface area (Å²) < 4.78 is 7.21. The van der Waals surface area contributed by atoms with Crippen LogP contribution in [0.1, 0.15) is 31.5 Å². The summed E-state index contributed by atoms with van der Waals surface area (Å²) in [6.07, 6.45) is 0. The number of thiol groups is 1. The average molecular weight is 333 g/mol. The standard InChI is InChI=1S/C16H19N3OS2/c1-9-13(10-6-7-11(20-5)12(21)8-10)19-15(17-9)22-14(18-19)16(2,3)4/h6-8,21H,1-5H3. The number of ether oxygens (including phenoxy) is 1. The molecule has 1 aromatic carbocycles. The van der Waals surface area contributed by atoms with E-state index in [2.05, 4.69) is 38.4 Å². The molecule has 0 N–H and O–H groups in total. The van der Waals surface area contributed by atoms with Gasteiger partial charge in [-0.15, -0.1) is 12.6 Å². The minimum Gasteiger partial charge on any atom is -0.496 e. The van der Waals surface area contributed by atoms with Gasteiger partial charge < -0.3 is 4.74 Å². The molecular weight excluding hydrogens is 314 g/mol. The van der Waals surface area contributed by atoms with Crippen LogP contribution in [0, 0.1) is 6.92 Å². The predicted molar refractivity (Wildman–Crippen MR) is 93.5 cm³/mol. The molecule has 0 aliphatic carbocycles. The number of hydrogen-bond acceptors (Lipinski definition) is 5. The van der Waals surface area contributed by atoms with Gasteiger partial charge in [0.1, 0.15) is 10.8 Å². The van der Waals surface area contributed by atoms with E-state index in [0.717, 1.165) is 37.6 Å². The molecule has 22 heavy (non-hydrogen) atoms. The average Bonchev–Trinajstić information content (AvgIpc) is 2.94. The molecule has 0 saturated heterocycles. The van der Waals surface area contributed by atoms with Crippen LogP contribution in [0.15, 0.2) is 23.1 Å². The van der Waals surface area contributed by atoms with Crippen LogP contribution in [0.3, 0.4) is 0 Å². The molecule has 6 heteroatoms. The number of aromatic nitrogens is 3. The minimum atomic E-state index is 0.0190. The summed E-state index contributed by atoms with van der Waals surface area (Å²) in [4.78, 5) is 6.39. The number of nitrogens with zero attached hydrogens (tertiary/aromatic N) is 3. The van der Waals surface area contributed by atoms with Gasteiger partial charge in [-0.25, -0.2) is 9.50 Å². The van der Waals surface area contributed by atoms with Gasteiger partial charge in [0.25, 0.3) is 0 Å². The van der Waals surface area contributed by atoms with Crippen LogP contribution >= 0.6 is 24.0 Å². The van der Waals surface area contributed by atoms with Gasteiger partial charge >= 0.3 is 0 Å². The van der Waals surface area contributed by atoms with E-state index in [4.69, 9.17) is 9.84 Å². The zero-order valence-electron chi connectivity index (χ0n) is 13.3. The molecule has 0 amide bonds. The lowest BCUT2D eigenvalue weighted by Crippen LogP contribution is -2.11. The van der Waals surface area contributed by atoms with Gasteiger partial charge in [0.05, 0.1) is 18.5 Å². The fourth-order valence-electron chi connectivity index (χ4n) is 2.32. The van der Waals surface area contributed by atoms with Crippen LogP contribution in [0.25, 0.3) is 16.2 Å². The van der Waals surface area contributed by atoms with Crippen LogP contribution in [0.2, 0.25) is 0 Å². The van der Waals surface area contributed by atoms with Crippen molar-refractivity contribution in [3.8, 4) is 17.0 Å².